The predicted octanol–water partition coefficient (Wildman–Crippen LogP) is 2.67. The summed E-state index contributed by atoms with van der Waals surface area (Å²) in [7, 11) is 4.10. The quantitative estimate of drug-likeness (QED) is 0.609. The SMILES string of the molecule is COC(=O)C1(C(=O)OC)CCC[C@]2(C)c3cc(OC)ccc3C(=O)C[C@H]12. The number of ketones is 1. The van der Waals surface area contributed by atoms with E-state index in [4.69, 9.17) is 14.2 Å². The Balaban J connectivity index is 2.23. The minimum absolute atomic E-state index is 0.0794. The standard InChI is InChI=1S/C20H24O6/c1-19-8-5-9-20(17(22)25-3,18(23)26-4)16(19)11-15(21)13-7-6-12(24-2)10-14(13)19/h6-7,10,16H,5,8-9,11H2,1-4H3/t16-,19+/m0/s1. The number of hydrogen-bond donors (Lipinski definition) is 0. The number of fused-ring (bicyclic) bond motifs is 3. The third-order valence-corrected chi connectivity index (χ3v) is 6.26. The van der Waals surface area contributed by atoms with Crippen LogP contribution in [0.3, 0.4) is 0 Å². The summed E-state index contributed by atoms with van der Waals surface area (Å²) in [5, 5.41) is 0. The maximum absolute atomic E-state index is 12.8. The molecular weight excluding hydrogens is 336 g/mol. The Bertz CT molecular complexity index is 752. The van der Waals surface area contributed by atoms with Crippen LogP contribution in [0.5, 0.6) is 5.75 Å². The molecule has 1 aromatic carbocycles. The van der Waals surface area contributed by atoms with E-state index in [1.807, 2.05) is 13.0 Å². The second-order valence-electron chi connectivity index (χ2n) is 7.32. The molecule has 2 aliphatic carbocycles. The highest BCUT2D eigenvalue weighted by atomic mass is 16.5. The highest BCUT2D eigenvalue weighted by Crippen LogP contribution is 2.58. The maximum Gasteiger partial charge on any atom is 0.323 e. The molecule has 0 amide bonds. The van der Waals surface area contributed by atoms with E-state index >= 15 is 0 Å². The molecule has 2 atom stereocenters. The van der Waals surface area contributed by atoms with Crippen LogP contribution in [0.25, 0.3) is 0 Å². The van der Waals surface area contributed by atoms with Gasteiger partial charge in [0.15, 0.2) is 11.2 Å². The highest BCUT2D eigenvalue weighted by molar-refractivity contribution is 6.05. The maximum atomic E-state index is 12.8. The summed E-state index contributed by atoms with van der Waals surface area (Å²) in [6.07, 6.45) is 1.85. The summed E-state index contributed by atoms with van der Waals surface area (Å²) < 4.78 is 15.3. The smallest absolute Gasteiger partial charge is 0.323 e. The van der Waals surface area contributed by atoms with Gasteiger partial charge in [-0.2, -0.15) is 0 Å². The average Bonchev–Trinajstić information content (AvgIpc) is 2.67. The van der Waals surface area contributed by atoms with E-state index in [2.05, 4.69) is 0 Å². The molecule has 0 radical (unpaired) electrons. The summed E-state index contributed by atoms with van der Waals surface area (Å²) in [5.41, 5.74) is -0.532. The Morgan fingerprint density at radius 3 is 2.31 bits per heavy atom. The molecule has 2 aliphatic rings. The number of benzene rings is 1. The van der Waals surface area contributed by atoms with Crippen LogP contribution in [-0.4, -0.2) is 39.1 Å². The Hall–Kier alpha value is -2.37. The first-order chi connectivity index (χ1) is 12.3. The van der Waals surface area contributed by atoms with E-state index in [0.29, 0.717) is 24.2 Å². The van der Waals surface area contributed by atoms with Gasteiger partial charge in [-0.05, 0) is 42.0 Å². The van der Waals surface area contributed by atoms with Gasteiger partial charge in [0.2, 0.25) is 0 Å². The van der Waals surface area contributed by atoms with Gasteiger partial charge in [-0.3, -0.25) is 14.4 Å². The molecule has 0 bridgehead atoms. The molecule has 140 valence electrons. The molecule has 0 aliphatic heterocycles. The van der Waals surface area contributed by atoms with Gasteiger partial charge in [0.25, 0.3) is 0 Å². The molecule has 0 aromatic heterocycles. The topological polar surface area (TPSA) is 78.9 Å². The first-order valence-electron chi connectivity index (χ1n) is 8.73. The fourth-order valence-corrected chi connectivity index (χ4v) is 4.95. The molecule has 0 spiro atoms. The number of rotatable bonds is 3. The van der Waals surface area contributed by atoms with Crippen molar-refractivity contribution < 1.29 is 28.6 Å². The average molecular weight is 360 g/mol. The zero-order valence-corrected chi connectivity index (χ0v) is 15.6. The summed E-state index contributed by atoms with van der Waals surface area (Å²) >= 11 is 0. The predicted molar refractivity (Wildman–Crippen MR) is 93.1 cm³/mol. The van der Waals surface area contributed by atoms with Gasteiger partial charge in [-0.15, -0.1) is 0 Å². The molecule has 0 saturated heterocycles. The monoisotopic (exact) mass is 360 g/mol. The third-order valence-electron chi connectivity index (χ3n) is 6.26. The number of carbonyl (C=O) groups excluding carboxylic acids is 3. The van der Waals surface area contributed by atoms with Crippen molar-refractivity contribution in [2.24, 2.45) is 11.3 Å². The van der Waals surface area contributed by atoms with Gasteiger partial charge >= 0.3 is 11.9 Å². The third kappa shape index (κ3) is 2.35. The van der Waals surface area contributed by atoms with E-state index in [-0.39, 0.29) is 12.2 Å². The molecular formula is C20H24O6. The van der Waals surface area contributed by atoms with Crippen LogP contribution in [0.15, 0.2) is 18.2 Å². The second-order valence-corrected chi connectivity index (χ2v) is 7.32. The summed E-state index contributed by atoms with van der Waals surface area (Å²) in [4.78, 5) is 38.4. The Morgan fingerprint density at radius 2 is 1.73 bits per heavy atom. The zero-order chi connectivity index (χ0) is 19.1. The van der Waals surface area contributed by atoms with Crippen LogP contribution in [-0.2, 0) is 24.5 Å². The minimum Gasteiger partial charge on any atom is -0.497 e. The van der Waals surface area contributed by atoms with Crippen molar-refractivity contribution in [1.82, 2.24) is 0 Å². The van der Waals surface area contributed by atoms with Crippen LogP contribution >= 0.6 is 0 Å². The second kappa shape index (κ2) is 6.41. The molecule has 3 rings (SSSR count). The van der Waals surface area contributed by atoms with Crippen LogP contribution in [0.2, 0.25) is 0 Å². The van der Waals surface area contributed by atoms with Gasteiger partial charge in [0, 0.05) is 17.9 Å². The summed E-state index contributed by atoms with van der Waals surface area (Å²) in [6.45, 7) is 2.02. The van der Waals surface area contributed by atoms with Gasteiger partial charge in [-0.25, -0.2) is 0 Å². The van der Waals surface area contributed by atoms with Crippen molar-refractivity contribution in [2.75, 3.05) is 21.3 Å². The van der Waals surface area contributed by atoms with E-state index in [1.54, 1.807) is 19.2 Å². The molecule has 26 heavy (non-hydrogen) atoms. The van der Waals surface area contributed by atoms with E-state index in [9.17, 15) is 14.4 Å². The lowest BCUT2D eigenvalue weighted by Crippen LogP contribution is -2.58. The first kappa shape index (κ1) is 18.4. The van der Waals surface area contributed by atoms with Crippen LogP contribution in [0, 0.1) is 11.3 Å². The molecule has 1 fully saturated rings. The van der Waals surface area contributed by atoms with E-state index in [0.717, 1.165) is 12.0 Å². The summed E-state index contributed by atoms with van der Waals surface area (Å²) in [5.74, 6) is -1.20. The summed E-state index contributed by atoms with van der Waals surface area (Å²) in [6, 6.07) is 5.38. The molecule has 0 heterocycles. The molecule has 0 N–H and O–H groups in total. The lowest BCUT2D eigenvalue weighted by Gasteiger charge is -2.52. The van der Waals surface area contributed by atoms with Crippen LogP contribution in [0.4, 0.5) is 0 Å². The van der Waals surface area contributed by atoms with Crippen LogP contribution in [0.1, 0.15) is 48.5 Å². The van der Waals surface area contributed by atoms with Crippen molar-refractivity contribution in [3.05, 3.63) is 29.3 Å². The molecule has 6 nitrogen and oxygen atoms in total. The van der Waals surface area contributed by atoms with Gasteiger partial charge in [0.05, 0.1) is 21.3 Å². The van der Waals surface area contributed by atoms with Crippen molar-refractivity contribution in [3.8, 4) is 5.75 Å². The van der Waals surface area contributed by atoms with Crippen LogP contribution < -0.4 is 4.74 Å². The lowest BCUT2D eigenvalue weighted by atomic mass is 9.49. The van der Waals surface area contributed by atoms with Gasteiger partial charge in [-0.1, -0.05) is 13.3 Å². The lowest BCUT2D eigenvalue weighted by molar-refractivity contribution is -0.180. The Kier molecular flexibility index (Phi) is 4.54. The van der Waals surface area contributed by atoms with Crippen molar-refractivity contribution >= 4 is 17.7 Å². The van der Waals surface area contributed by atoms with Gasteiger partial charge < -0.3 is 14.2 Å². The Morgan fingerprint density at radius 1 is 1.08 bits per heavy atom. The normalized spacial score (nSPS) is 26.3. The minimum atomic E-state index is -1.47. The van der Waals surface area contributed by atoms with E-state index < -0.39 is 28.7 Å². The molecule has 6 heteroatoms. The fraction of sp³-hybridized carbons (Fsp3) is 0.550. The molecule has 1 aromatic rings. The fourth-order valence-electron chi connectivity index (χ4n) is 4.95. The van der Waals surface area contributed by atoms with Gasteiger partial charge in [0.1, 0.15) is 5.75 Å². The zero-order valence-electron chi connectivity index (χ0n) is 15.6. The van der Waals surface area contributed by atoms with Crippen molar-refractivity contribution in [1.29, 1.82) is 0 Å². The van der Waals surface area contributed by atoms with Crippen molar-refractivity contribution in [2.45, 2.75) is 38.0 Å². The molecule has 1 saturated carbocycles. The number of Topliss-reactive ketones (excluding diaryl/α,β-unsaturated/α-hetero) is 1. The number of esters is 2. The number of methoxy groups -OCH3 is 3. The highest BCUT2D eigenvalue weighted by Gasteiger charge is 2.64. The Labute approximate surface area is 152 Å². The number of hydrogen-bond acceptors (Lipinski definition) is 6. The van der Waals surface area contributed by atoms with Crippen molar-refractivity contribution in [3.63, 3.8) is 0 Å². The largest absolute Gasteiger partial charge is 0.497 e. The first-order valence-corrected chi connectivity index (χ1v) is 8.73. The number of carbonyl (C=O) groups is 3. The number of ether oxygens (including phenoxy) is 3. The molecule has 0 unspecified atom stereocenters. The van der Waals surface area contributed by atoms with E-state index in [1.165, 1.54) is 14.2 Å².